The summed E-state index contributed by atoms with van der Waals surface area (Å²) in [6, 6.07) is 7.02. The SMILES string of the molecule is CC(Cc1ccccc1F)N[NH3+].[Cl-]. The van der Waals surface area contributed by atoms with E-state index >= 15 is 0 Å². The topological polar surface area (TPSA) is 39.7 Å². The van der Waals surface area contributed by atoms with Gasteiger partial charge in [-0.3, -0.25) is 5.84 Å². The molecule has 0 saturated heterocycles. The number of nitrogens with one attached hydrogen (secondary N) is 1. The molecule has 0 aliphatic rings. The lowest BCUT2D eigenvalue weighted by atomic mass is 10.1. The number of quaternary nitrogens is 1. The lowest BCUT2D eigenvalue weighted by molar-refractivity contribution is -0.451. The minimum Gasteiger partial charge on any atom is -1.00 e. The van der Waals surface area contributed by atoms with Crippen molar-refractivity contribution in [2.24, 2.45) is 0 Å². The van der Waals surface area contributed by atoms with Gasteiger partial charge >= 0.3 is 0 Å². The molecular weight excluding hydrogens is 191 g/mol. The van der Waals surface area contributed by atoms with Gasteiger partial charge in [-0.15, -0.1) is 0 Å². The smallest absolute Gasteiger partial charge is 0.126 e. The average Bonchev–Trinajstić information content (AvgIpc) is 2.09. The van der Waals surface area contributed by atoms with E-state index in [1.165, 1.54) is 6.07 Å². The van der Waals surface area contributed by atoms with Gasteiger partial charge in [-0.05, 0) is 25.0 Å². The molecule has 0 radical (unpaired) electrons. The third-order valence-electron chi connectivity index (χ3n) is 1.83. The first kappa shape index (κ1) is 12.4. The summed E-state index contributed by atoms with van der Waals surface area (Å²) >= 11 is 0. The van der Waals surface area contributed by atoms with Crippen molar-refractivity contribution in [1.82, 2.24) is 5.43 Å². The number of hydrogen-bond donors (Lipinski definition) is 2. The predicted molar refractivity (Wildman–Crippen MR) is 45.6 cm³/mol. The molecule has 13 heavy (non-hydrogen) atoms. The monoisotopic (exact) mass is 204 g/mol. The highest BCUT2D eigenvalue weighted by Crippen LogP contribution is 2.08. The molecule has 74 valence electrons. The largest absolute Gasteiger partial charge is 1.00 e. The lowest BCUT2D eigenvalue weighted by Gasteiger charge is -2.07. The first-order valence-corrected chi connectivity index (χ1v) is 4.00. The molecule has 0 aliphatic carbocycles. The molecule has 2 nitrogen and oxygen atoms in total. The zero-order valence-corrected chi connectivity index (χ0v) is 8.31. The van der Waals surface area contributed by atoms with Crippen LogP contribution in [0, 0.1) is 5.82 Å². The van der Waals surface area contributed by atoms with E-state index in [9.17, 15) is 4.39 Å². The van der Waals surface area contributed by atoms with E-state index in [1.54, 1.807) is 12.1 Å². The summed E-state index contributed by atoms with van der Waals surface area (Å²) in [6.07, 6.45) is 0.677. The first-order valence-electron chi connectivity index (χ1n) is 4.00. The molecule has 1 aromatic carbocycles. The highest BCUT2D eigenvalue weighted by Gasteiger charge is 2.05. The van der Waals surface area contributed by atoms with Gasteiger partial charge in [-0.1, -0.05) is 18.2 Å². The highest BCUT2D eigenvalue weighted by molar-refractivity contribution is 5.18. The molecule has 1 atom stereocenters. The Morgan fingerprint density at radius 2 is 2.08 bits per heavy atom. The number of rotatable bonds is 3. The summed E-state index contributed by atoms with van der Waals surface area (Å²) in [5.41, 5.74) is 3.56. The molecule has 0 spiro atoms. The Hall–Kier alpha value is -0.640. The third kappa shape index (κ3) is 3.72. The van der Waals surface area contributed by atoms with Crippen LogP contribution in [-0.4, -0.2) is 6.04 Å². The van der Waals surface area contributed by atoms with E-state index in [0.29, 0.717) is 6.42 Å². The second-order valence-corrected chi connectivity index (χ2v) is 2.90. The van der Waals surface area contributed by atoms with Gasteiger partial charge in [0, 0.05) is 0 Å². The van der Waals surface area contributed by atoms with Crippen LogP contribution >= 0.6 is 0 Å². The van der Waals surface area contributed by atoms with Crippen molar-refractivity contribution in [2.45, 2.75) is 19.4 Å². The van der Waals surface area contributed by atoms with E-state index in [1.807, 2.05) is 13.0 Å². The fourth-order valence-electron chi connectivity index (χ4n) is 1.07. The van der Waals surface area contributed by atoms with Gasteiger partial charge in [0.1, 0.15) is 5.82 Å². The predicted octanol–water partition coefficient (Wildman–Crippen LogP) is -2.49. The molecule has 4 N–H and O–H groups in total. The van der Waals surface area contributed by atoms with Crippen LogP contribution in [0.3, 0.4) is 0 Å². The van der Waals surface area contributed by atoms with E-state index in [4.69, 9.17) is 0 Å². The average molecular weight is 205 g/mol. The fraction of sp³-hybridized carbons (Fsp3) is 0.333. The Morgan fingerprint density at radius 1 is 1.46 bits per heavy atom. The van der Waals surface area contributed by atoms with Gasteiger partial charge in [0.2, 0.25) is 0 Å². The third-order valence-corrected chi connectivity index (χ3v) is 1.83. The Kier molecular flexibility index (Phi) is 5.62. The number of halogens is 2. The van der Waals surface area contributed by atoms with E-state index in [2.05, 4.69) is 11.3 Å². The number of benzene rings is 1. The van der Waals surface area contributed by atoms with Crippen molar-refractivity contribution in [3.8, 4) is 0 Å². The van der Waals surface area contributed by atoms with E-state index in [0.717, 1.165) is 5.56 Å². The van der Waals surface area contributed by atoms with Crippen molar-refractivity contribution in [2.75, 3.05) is 0 Å². The van der Waals surface area contributed by atoms with Gasteiger partial charge in [0.15, 0.2) is 0 Å². The van der Waals surface area contributed by atoms with Crippen molar-refractivity contribution in [3.63, 3.8) is 0 Å². The van der Waals surface area contributed by atoms with Crippen LogP contribution in [0.4, 0.5) is 4.39 Å². The lowest BCUT2D eigenvalue weighted by Crippen LogP contribution is -3.00. The Labute approximate surface area is 83.7 Å². The molecular formula is C9H14ClFN2. The summed E-state index contributed by atoms with van der Waals surface area (Å²) < 4.78 is 13.0. The van der Waals surface area contributed by atoms with Crippen LogP contribution in [0.2, 0.25) is 0 Å². The summed E-state index contributed by atoms with van der Waals surface area (Å²) in [5.74, 6) is 3.40. The molecule has 1 rings (SSSR count). The summed E-state index contributed by atoms with van der Waals surface area (Å²) in [4.78, 5) is 0. The number of hydrogen-bond acceptors (Lipinski definition) is 1. The van der Waals surface area contributed by atoms with Gasteiger partial charge < -0.3 is 12.4 Å². The van der Waals surface area contributed by atoms with Crippen molar-refractivity contribution in [3.05, 3.63) is 35.6 Å². The maximum atomic E-state index is 13.0. The van der Waals surface area contributed by atoms with Crippen molar-refractivity contribution < 1.29 is 22.6 Å². The second-order valence-electron chi connectivity index (χ2n) is 2.90. The maximum absolute atomic E-state index is 13.0. The highest BCUT2D eigenvalue weighted by atomic mass is 35.5. The summed E-state index contributed by atoms with van der Waals surface area (Å²) in [5, 5.41) is 0. The standard InChI is InChI=1S/C9H13FN2.ClH/c1-7(12-11)6-8-4-2-3-5-9(8)10;/h2-5,7,12H,6,11H2,1H3;1H. The van der Waals surface area contributed by atoms with Crippen molar-refractivity contribution >= 4 is 0 Å². The molecule has 0 bridgehead atoms. The minimum absolute atomic E-state index is 0. The van der Waals surface area contributed by atoms with Crippen LogP contribution in [0.1, 0.15) is 12.5 Å². The Bertz CT molecular complexity index is 255. The Balaban J connectivity index is 0.00000144. The zero-order chi connectivity index (χ0) is 8.97. The Morgan fingerprint density at radius 3 is 2.62 bits per heavy atom. The van der Waals surface area contributed by atoms with Crippen LogP contribution < -0.4 is 23.7 Å². The molecule has 0 aliphatic heterocycles. The minimum atomic E-state index is -0.139. The van der Waals surface area contributed by atoms with Gasteiger partial charge in [0.25, 0.3) is 0 Å². The molecule has 0 amide bonds. The van der Waals surface area contributed by atoms with Gasteiger partial charge in [0.05, 0.1) is 6.04 Å². The molecule has 4 heteroatoms. The summed E-state index contributed by atoms with van der Waals surface area (Å²) in [7, 11) is 0. The van der Waals surface area contributed by atoms with Crippen LogP contribution in [0.5, 0.6) is 0 Å². The molecule has 0 aromatic heterocycles. The summed E-state index contributed by atoms with van der Waals surface area (Å²) in [6.45, 7) is 1.97. The van der Waals surface area contributed by atoms with E-state index < -0.39 is 0 Å². The molecule has 1 unspecified atom stereocenters. The van der Waals surface area contributed by atoms with Crippen LogP contribution in [-0.2, 0) is 6.42 Å². The molecule has 0 fully saturated rings. The van der Waals surface area contributed by atoms with Gasteiger partial charge in [-0.25, -0.2) is 4.39 Å². The molecule has 0 saturated carbocycles. The molecule has 1 aromatic rings. The normalized spacial score (nSPS) is 11.9. The zero-order valence-electron chi connectivity index (χ0n) is 7.56. The second kappa shape index (κ2) is 5.91. The quantitative estimate of drug-likeness (QED) is 0.526. The fourth-order valence-corrected chi connectivity index (χ4v) is 1.07. The van der Waals surface area contributed by atoms with E-state index in [-0.39, 0.29) is 24.3 Å². The van der Waals surface area contributed by atoms with Crippen molar-refractivity contribution in [1.29, 1.82) is 0 Å². The first-order chi connectivity index (χ1) is 5.74. The molecule has 0 heterocycles. The maximum Gasteiger partial charge on any atom is 0.126 e. The van der Waals surface area contributed by atoms with Gasteiger partial charge in [-0.2, -0.15) is 5.43 Å². The van der Waals surface area contributed by atoms with Crippen LogP contribution in [0.25, 0.3) is 0 Å². The van der Waals surface area contributed by atoms with Crippen LogP contribution in [0.15, 0.2) is 24.3 Å².